The third-order valence-corrected chi connectivity index (χ3v) is 12.7. The van der Waals surface area contributed by atoms with Crippen molar-refractivity contribution < 1.29 is 19.8 Å². The van der Waals surface area contributed by atoms with Crippen LogP contribution in [0.3, 0.4) is 0 Å². The zero-order valence-corrected chi connectivity index (χ0v) is 24.4. The van der Waals surface area contributed by atoms with Gasteiger partial charge in [-0.25, -0.2) is 0 Å². The molecule has 2 N–H and O–H groups in total. The molecule has 3 aliphatic rings. The molecule has 9 aromatic carbocycles. The molecule has 0 aromatic heterocycles. The van der Waals surface area contributed by atoms with Crippen LogP contribution in [0, 0.1) is 11.3 Å². The highest BCUT2D eigenvalue weighted by molar-refractivity contribution is 6.58. The second kappa shape index (κ2) is 6.53. The van der Waals surface area contributed by atoms with Gasteiger partial charge in [0, 0.05) is 0 Å². The standard InChI is InChI=1S/C40H26O4/c1-3-15-7-18-10-19-8-16-4-5-17-9-20-11-21-12-23(14(2)6-22-13-40(22,38(41)42)39(43)44)31-24(15)32-27(18)28(19)33-25(16)26(17)34-29(20)30(21)35(31)37(32)36(33)34/h4-5,7-9,12,14,22H,3,6,10-11,13H2,1-2H3,(H,41,42)(H,43,44). The Labute approximate surface area is 250 Å². The first kappa shape index (κ1) is 22.8. The molecule has 2 unspecified atom stereocenters. The van der Waals surface area contributed by atoms with E-state index in [1.54, 1.807) is 0 Å². The number of rotatable bonds is 6. The maximum atomic E-state index is 12.1. The van der Waals surface area contributed by atoms with Gasteiger partial charge in [-0.15, -0.1) is 0 Å². The molecule has 9 aromatic rings. The summed E-state index contributed by atoms with van der Waals surface area (Å²) in [6.07, 6.45) is 3.61. The van der Waals surface area contributed by atoms with Crippen LogP contribution in [0.15, 0.2) is 36.4 Å². The lowest BCUT2D eigenvalue weighted by molar-refractivity contribution is -0.157. The van der Waals surface area contributed by atoms with Crippen molar-refractivity contribution in [2.45, 2.75) is 51.9 Å². The smallest absolute Gasteiger partial charge is 0.321 e. The molecule has 1 fully saturated rings. The third-order valence-electron chi connectivity index (χ3n) is 12.7. The lowest BCUT2D eigenvalue weighted by Gasteiger charge is -2.18. The molecule has 0 amide bonds. The molecule has 1 saturated carbocycles. The summed E-state index contributed by atoms with van der Waals surface area (Å²) < 4.78 is 0. The second-order valence-electron chi connectivity index (χ2n) is 14.5. The molecular weight excluding hydrogens is 544 g/mol. The minimum absolute atomic E-state index is 0.0368. The minimum Gasteiger partial charge on any atom is -0.480 e. The molecule has 44 heavy (non-hydrogen) atoms. The van der Waals surface area contributed by atoms with Gasteiger partial charge in [0.05, 0.1) is 0 Å². The zero-order chi connectivity index (χ0) is 29.3. The van der Waals surface area contributed by atoms with Crippen molar-refractivity contribution >= 4 is 98.1 Å². The summed E-state index contributed by atoms with van der Waals surface area (Å²) in [5, 5.41) is 42.6. The summed E-state index contributed by atoms with van der Waals surface area (Å²) in [6, 6.07) is 14.5. The van der Waals surface area contributed by atoms with Crippen LogP contribution in [0.4, 0.5) is 0 Å². The monoisotopic (exact) mass is 570 g/mol. The van der Waals surface area contributed by atoms with Gasteiger partial charge in [-0.1, -0.05) is 50.2 Å². The quantitative estimate of drug-likeness (QED) is 0.154. The first-order chi connectivity index (χ1) is 21.3. The SMILES string of the molecule is CCc1cc2c3c4c(cc5ccc6cc7c8c9c(cc(C(C)CC%10CC%10(C(=O)O)C(=O)O)c%10c1c3c(c%109)c1c4c5c6c81)C7)C2. The van der Waals surface area contributed by atoms with E-state index >= 15 is 0 Å². The van der Waals surface area contributed by atoms with Crippen molar-refractivity contribution in [3.8, 4) is 0 Å². The molecule has 0 aliphatic heterocycles. The molecule has 0 saturated heterocycles. The summed E-state index contributed by atoms with van der Waals surface area (Å²) in [5.41, 5.74) is 6.73. The van der Waals surface area contributed by atoms with Crippen molar-refractivity contribution in [2.75, 3.05) is 0 Å². The van der Waals surface area contributed by atoms with Crippen LogP contribution in [-0.2, 0) is 28.9 Å². The second-order valence-corrected chi connectivity index (χ2v) is 14.5. The number of aryl methyl sites for hydroxylation is 1. The van der Waals surface area contributed by atoms with Gasteiger partial charge in [-0.2, -0.15) is 0 Å². The van der Waals surface area contributed by atoms with Gasteiger partial charge in [0.1, 0.15) is 0 Å². The number of hydrogen-bond donors (Lipinski definition) is 2. The van der Waals surface area contributed by atoms with Crippen LogP contribution < -0.4 is 0 Å². The molecule has 0 spiro atoms. The highest BCUT2D eigenvalue weighted by Gasteiger charge is 2.66. The Kier molecular flexibility index (Phi) is 3.38. The topological polar surface area (TPSA) is 74.6 Å². The Morgan fingerprint density at radius 3 is 1.68 bits per heavy atom. The number of benzene rings is 7. The van der Waals surface area contributed by atoms with Gasteiger partial charge < -0.3 is 10.2 Å². The van der Waals surface area contributed by atoms with Gasteiger partial charge in [0.15, 0.2) is 5.41 Å². The van der Waals surface area contributed by atoms with Crippen LogP contribution >= 0.6 is 0 Å². The van der Waals surface area contributed by atoms with E-state index < -0.39 is 17.4 Å². The maximum Gasteiger partial charge on any atom is 0.321 e. The average molecular weight is 571 g/mol. The first-order valence-corrected chi connectivity index (χ1v) is 16.0. The molecular formula is C40H26O4. The summed E-state index contributed by atoms with van der Waals surface area (Å²) in [7, 11) is 0. The number of carbonyl (C=O) groups is 2. The van der Waals surface area contributed by atoms with E-state index in [-0.39, 0.29) is 18.3 Å². The molecule has 12 rings (SSSR count). The Bertz CT molecular complexity index is 2790. The van der Waals surface area contributed by atoms with E-state index in [0.717, 1.165) is 19.3 Å². The molecule has 3 aliphatic carbocycles. The van der Waals surface area contributed by atoms with E-state index in [1.165, 1.54) is 120 Å². The number of fused-ring (bicyclic) bond motifs is 1. The summed E-state index contributed by atoms with van der Waals surface area (Å²) in [5.74, 6) is -2.71. The third kappa shape index (κ3) is 2.04. The number of carboxylic acid groups (broad SMARTS) is 2. The molecule has 0 heterocycles. The lowest BCUT2D eigenvalue weighted by atomic mass is 9.85. The normalized spacial score (nSPS) is 19.3. The summed E-state index contributed by atoms with van der Waals surface area (Å²) >= 11 is 0. The Hall–Kier alpha value is -4.70. The van der Waals surface area contributed by atoms with Crippen LogP contribution in [-0.4, -0.2) is 22.2 Å². The molecule has 0 radical (unpaired) electrons. The largest absolute Gasteiger partial charge is 0.480 e. The fourth-order valence-electron chi connectivity index (χ4n) is 10.9. The summed E-state index contributed by atoms with van der Waals surface area (Å²) in [4.78, 5) is 24.2. The van der Waals surface area contributed by atoms with E-state index in [1.807, 2.05) is 0 Å². The van der Waals surface area contributed by atoms with Gasteiger partial charge in [0.2, 0.25) is 0 Å². The highest BCUT2D eigenvalue weighted by Crippen LogP contribution is 2.63. The van der Waals surface area contributed by atoms with Gasteiger partial charge in [-0.05, 0) is 164 Å². The molecule has 210 valence electrons. The first-order valence-electron chi connectivity index (χ1n) is 16.0. The predicted molar refractivity (Wildman–Crippen MR) is 176 cm³/mol. The molecule has 4 heteroatoms. The Morgan fingerprint density at radius 1 is 0.682 bits per heavy atom. The van der Waals surface area contributed by atoms with Crippen molar-refractivity contribution in [1.82, 2.24) is 0 Å². The van der Waals surface area contributed by atoms with Crippen molar-refractivity contribution in [3.63, 3.8) is 0 Å². The minimum atomic E-state index is -1.64. The van der Waals surface area contributed by atoms with Crippen molar-refractivity contribution in [2.24, 2.45) is 11.3 Å². The van der Waals surface area contributed by atoms with Crippen molar-refractivity contribution in [1.29, 1.82) is 0 Å². The number of hydrogen-bond acceptors (Lipinski definition) is 2. The number of aliphatic carboxylic acids is 2. The van der Waals surface area contributed by atoms with Gasteiger partial charge in [-0.3, -0.25) is 9.59 Å². The molecule has 2 atom stereocenters. The van der Waals surface area contributed by atoms with E-state index in [4.69, 9.17) is 0 Å². The van der Waals surface area contributed by atoms with E-state index in [0.29, 0.717) is 6.42 Å². The van der Waals surface area contributed by atoms with Crippen molar-refractivity contribution in [3.05, 3.63) is 69.8 Å². The van der Waals surface area contributed by atoms with Crippen LogP contribution in [0.2, 0.25) is 0 Å². The molecule has 4 nitrogen and oxygen atoms in total. The summed E-state index contributed by atoms with van der Waals surface area (Å²) in [6.45, 7) is 4.47. The van der Waals surface area contributed by atoms with E-state index in [9.17, 15) is 19.8 Å². The van der Waals surface area contributed by atoms with E-state index in [2.05, 4.69) is 50.2 Å². The lowest BCUT2D eigenvalue weighted by Crippen LogP contribution is -2.27. The Balaban J connectivity index is 1.30. The maximum absolute atomic E-state index is 12.1. The van der Waals surface area contributed by atoms with Crippen LogP contribution in [0.5, 0.6) is 0 Å². The van der Waals surface area contributed by atoms with Crippen LogP contribution in [0.1, 0.15) is 66.0 Å². The average Bonchev–Trinajstić information content (AvgIpc) is 3.27. The number of carboxylic acids is 2. The predicted octanol–water partition coefficient (Wildman–Crippen LogP) is 9.14. The fraction of sp³-hybridized carbons (Fsp3) is 0.250. The molecule has 0 bridgehead atoms. The van der Waals surface area contributed by atoms with Gasteiger partial charge in [0.25, 0.3) is 0 Å². The fourth-order valence-corrected chi connectivity index (χ4v) is 10.9. The highest BCUT2D eigenvalue weighted by atomic mass is 16.4. The Morgan fingerprint density at radius 2 is 1.16 bits per heavy atom. The zero-order valence-electron chi connectivity index (χ0n) is 24.4. The van der Waals surface area contributed by atoms with Crippen LogP contribution in [0.25, 0.3) is 86.2 Å². The van der Waals surface area contributed by atoms with Gasteiger partial charge >= 0.3 is 11.9 Å².